The molecule has 1 unspecified atom stereocenters. The molecule has 62 heavy (non-hydrogen) atoms. The second-order valence-corrected chi connectivity index (χ2v) is 19.9. The molecule has 0 saturated carbocycles. The lowest BCUT2D eigenvalue weighted by molar-refractivity contribution is -0.167. The highest BCUT2D eigenvalue weighted by Gasteiger charge is 2.19. The van der Waals surface area contributed by atoms with Crippen LogP contribution in [0.15, 0.2) is 0 Å². The zero-order chi connectivity index (χ0) is 45.4. The topological polar surface area (TPSA) is 78.9 Å². The number of carbonyl (C=O) groups excluding carboxylic acids is 3. The Morgan fingerprint density at radius 1 is 0.339 bits per heavy atom. The lowest BCUT2D eigenvalue weighted by atomic mass is 9.99. The number of hydrogen-bond donors (Lipinski definition) is 0. The summed E-state index contributed by atoms with van der Waals surface area (Å²) in [5, 5.41) is 0. The van der Waals surface area contributed by atoms with E-state index in [2.05, 4.69) is 34.6 Å². The first kappa shape index (κ1) is 60.4. The molecule has 0 aromatic carbocycles. The van der Waals surface area contributed by atoms with Crippen molar-refractivity contribution >= 4 is 17.9 Å². The average molecular weight is 877 g/mol. The maximum Gasteiger partial charge on any atom is 0.306 e. The minimum atomic E-state index is -0.762. The standard InChI is InChI=1S/C56H108O6/c1-6-8-9-10-11-12-13-18-23-26-33-38-43-48-56(59)62-53(50-61-55(58)47-42-37-32-28-27-30-35-40-45-52(5)7-2)49-60-54(57)46-41-36-31-25-22-20-17-15-14-16-19-21-24-29-34-39-44-51(3)4/h51-53H,6-50H2,1-5H3/t52?,53-/m1/s1. The van der Waals surface area contributed by atoms with Gasteiger partial charge in [0.25, 0.3) is 0 Å². The molecule has 0 rings (SSSR count). The Kier molecular flexibility index (Phi) is 47.6. The molecule has 0 spiro atoms. The van der Waals surface area contributed by atoms with Gasteiger partial charge >= 0.3 is 17.9 Å². The summed E-state index contributed by atoms with van der Waals surface area (Å²) < 4.78 is 16.8. The number of hydrogen-bond acceptors (Lipinski definition) is 6. The van der Waals surface area contributed by atoms with Gasteiger partial charge in [0.1, 0.15) is 13.2 Å². The Hall–Kier alpha value is -1.59. The Morgan fingerprint density at radius 3 is 0.919 bits per heavy atom. The minimum Gasteiger partial charge on any atom is -0.462 e. The Morgan fingerprint density at radius 2 is 0.613 bits per heavy atom. The van der Waals surface area contributed by atoms with E-state index in [0.717, 1.165) is 69.6 Å². The van der Waals surface area contributed by atoms with Gasteiger partial charge in [-0.2, -0.15) is 0 Å². The van der Waals surface area contributed by atoms with E-state index < -0.39 is 6.10 Å². The second-order valence-electron chi connectivity index (χ2n) is 19.9. The fourth-order valence-electron chi connectivity index (χ4n) is 8.49. The van der Waals surface area contributed by atoms with Crippen LogP contribution in [0.3, 0.4) is 0 Å². The summed E-state index contributed by atoms with van der Waals surface area (Å²) in [5.41, 5.74) is 0. The molecule has 0 heterocycles. The largest absolute Gasteiger partial charge is 0.462 e. The zero-order valence-corrected chi connectivity index (χ0v) is 42.5. The fourth-order valence-corrected chi connectivity index (χ4v) is 8.49. The highest BCUT2D eigenvalue weighted by molar-refractivity contribution is 5.71. The zero-order valence-electron chi connectivity index (χ0n) is 42.5. The van der Waals surface area contributed by atoms with Crippen molar-refractivity contribution < 1.29 is 28.6 Å². The first-order chi connectivity index (χ1) is 30.3. The first-order valence-corrected chi connectivity index (χ1v) is 27.8. The van der Waals surface area contributed by atoms with Gasteiger partial charge in [0, 0.05) is 19.3 Å². The summed E-state index contributed by atoms with van der Waals surface area (Å²) in [7, 11) is 0. The highest BCUT2D eigenvalue weighted by atomic mass is 16.6. The normalized spacial score (nSPS) is 12.5. The number of esters is 3. The van der Waals surface area contributed by atoms with Crippen LogP contribution in [-0.2, 0) is 28.6 Å². The van der Waals surface area contributed by atoms with E-state index in [1.165, 1.54) is 199 Å². The number of ether oxygens (including phenoxy) is 3. The third-order valence-corrected chi connectivity index (χ3v) is 13.1. The van der Waals surface area contributed by atoms with Crippen molar-refractivity contribution in [1.82, 2.24) is 0 Å². The van der Waals surface area contributed by atoms with Crippen LogP contribution in [0.5, 0.6) is 0 Å². The summed E-state index contributed by atoms with van der Waals surface area (Å²) >= 11 is 0. The van der Waals surface area contributed by atoms with Gasteiger partial charge in [-0.1, -0.05) is 272 Å². The summed E-state index contributed by atoms with van der Waals surface area (Å²) in [6, 6.07) is 0. The van der Waals surface area contributed by atoms with Gasteiger partial charge in [0.05, 0.1) is 0 Å². The summed E-state index contributed by atoms with van der Waals surface area (Å²) in [4.78, 5) is 38.0. The third kappa shape index (κ3) is 47.9. The van der Waals surface area contributed by atoms with Crippen LogP contribution in [-0.4, -0.2) is 37.2 Å². The van der Waals surface area contributed by atoms with Gasteiger partial charge in [-0.15, -0.1) is 0 Å². The molecule has 6 heteroatoms. The molecule has 0 amide bonds. The Bertz CT molecular complexity index is 949. The van der Waals surface area contributed by atoms with Crippen LogP contribution >= 0.6 is 0 Å². The van der Waals surface area contributed by atoms with Gasteiger partial charge in [0.2, 0.25) is 0 Å². The molecule has 2 atom stereocenters. The minimum absolute atomic E-state index is 0.0632. The molecule has 0 aromatic heterocycles. The van der Waals surface area contributed by atoms with Crippen molar-refractivity contribution in [2.45, 2.75) is 317 Å². The molecule has 6 nitrogen and oxygen atoms in total. The summed E-state index contributed by atoms with van der Waals surface area (Å²) in [6.07, 6.45) is 50.9. The number of rotatable bonds is 50. The van der Waals surface area contributed by atoms with Gasteiger partial charge in [-0.3, -0.25) is 14.4 Å². The molecular formula is C56H108O6. The second kappa shape index (κ2) is 48.9. The van der Waals surface area contributed by atoms with Crippen LogP contribution in [0, 0.1) is 11.8 Å². The monoisotopic (exact) mass is 877 g/mol. The van der Waals surface area contributed by atoms with E-state index in [1.807, 2.05) is 0 Å². The van der Waals surface area contributed by atoms with Crippen molar-refractivity contribution in [3.05, 3.63) is 0 Å². The molecule has 0 aliphatic heterocycles. The third-order valence-electron chi connectivity index (χ3n) is 13.1. The lowest BCUT2D eigenvalue weighted by Crippen LogP contribution is -2.30. The molecule has 0 fully saturated rings. The van der Waals surface area contributed by atoms with Crippen LogP contribution in [0.1, 0.15) is 311 Å². The molecular weight excluding hydrogens is 769 g/mol. The quantitative estimate of drug-likeness (QED) is 0.0344. The van der Waals surface area contributed by atoms with Gasteiger partial charge < -0.3 is 14.2 Å². The van der Waals surface area contributed by atoms with E-state index in [1.54, 1.807) is 0 Å². The summed E-state index contributed by atoms with van der Waals surface area (Å²) in [6.45, 7) is 11.4. The van der Waals surface area contributed by atoms with Gasteiger partial charge in [-0.25, -0.2) is 0 Å². The molecule has 0 saturated heterocycles. The van der Waals surface area contributed by atoms with Crippen molar-refractivity contribution in [2.24, 2.45) is 11.8 Å². The highest BCUT2D eigenvalue weighted by Crippen LogP contribution is 2.18. The van der Waals surface area contributed by atoms with E-state index in [-0.39, 0.29) is 31.1 Å². The van der Waals surface area contributed by atoms with E-state index in [4.69, 9.17) is 14.2 Å². The van der Waals surface area contributed by atoms with Crippen LogP contribution < -0.4 is 0 Å². The van der Waals surface area contributed by atoms with Crippen LogP contribution in [0.25, 0.3) is 0 Å². The number of carbonyl (C=O) groups is 3. The van der Waals surface area contributed by atoms with Crippen molar-refractivity contribution in [3.8, 4) is 0 Å². The average Bonchev–Trinajstić information content (AvgIpc) is 3.26. The Balaban J connectivity index is 4.26. The van der Waals surface area contributed by atoms with Crippen LogP contribution in [0.2, 0.25) is 0 Å². The number of unbranched alkanes of at least 4 members (excludes halogenated alkanes) is 34. The maximum atomic E-state index is 12.8. The molecule has 0 aromatic rings. The van der Waals surface area contributed by atoms with E-state index in [9.17, 15) is 14.4 Å². The van der Waals surface area contributed by atoms with E-state index in [0.29, 0.717) is 19.3 Å². The van der Waals surface area contributed by atoms with Crippen LogP contribution in [0.4, 0.5) is 0 Å². The lowest BCUT2D eigenvalue weighted by Gasteiger charge is -2.18. The predicted molar refractivity (Wildman–Crippen MR) is 266 cm³/mol. The first-order valence-electron chi connectivity index (χ1n) is 27.8. The maximum absolute atomic E-state index is 12.8. The van der Waals surface area contributed by atoms with Gasteiger partial charge in [-0.05, 0) is 31.1 Å². The van der Waals surface area contributed by atoms with Crippen molar-refractivity contribution in [2.75, 3.05) is 13.2 Å². The van der Waals surface area contributed by atoms with Crippen molar-refractivity contribution in [3.63, 3.8) is 0 Å². The van der Waals surface area contributed by atoms with Gasteiger partial charge in [0.15, 0.2) is 6.10 Å². The van der Waals surface area contributed by atoms with Crippen molar-refractivity contribution in [1.29, 1.82) is 0 Å². The smallest absolute Gasteiger partial charge is 0.306 e. The van der Waals surface area contributed by atoms with E-state index >= 15 is 0 Å². The Labute approximate surface area is 387 Å². The predicted octanol–water partition coefficient (Wildman–Crippen LogP) is 18.1. The molecule has 368 valence electrons. The molecule has 0 N–H and O–H groups in total. The molecule has 0 aliphatic rings. The molecule has 0 bridgehead atoms. The molecule has 0 radical (unpaired) electrons. The fraction of sp³-hybridized carbons (Fsp3) is 0.946. The summed E-state index contributed by atoms with van der Waals surface area (Å²) in [5.74, 6) is 0.857. The SMILES string of the molecule is CCCCCCCCCCCCCCCC(=O)O[C@H](COC(=O)CCCCCCCCCCCCCCCCCCC(C)C)COC(=O)CCCCCCCCCCC(C)CC. The molecule has 0 aliphatic carbocycles.